The number of phenols is 1. The number of rotatable bonds is 9. The number of ether oxygens (including phenoxy) is 2. The van der Waals surface area contributed by atoms with Crippen molar-refractivity contribution >= 4 is 69.8 Å². The summed E-state index contributed by atoms with van der Waals surface area (Å²) < 4.78 is 11.9. The second-order valence-corrected chi connectivity index (χ2v) is 13.2. The number of aromatic nitrogens is 1. The number of hydrogen-bond donors (Lipinski definition) is 2. The molecular weight excluding hydrogens is 666 g/mol. The lowest BCUT2D eigenvalue weighted by atomic mass is 9.83. The molecule has 2 N–H and O–H groups in total. The van der Waals surface area contributed by atoms with Crippen LogP contribution in [0.25, 0.3) is 0 Å². The third-order valence-corrected chi connectivity index (χ3v) is 10.6. The first kappa shape index (κ1) is 32.4. The lowest BCUT2D eigenvalue weighted by molar-refractivity contribution is -0.122. The molecule has 6 rings (SSSR count). The molecule has 3 amide bonds. The van der Waals surface area contributed by atoms with Crippen LogP contribution in [-0.2, 0) is 25.7 Å². The number of nitrogens with zero attached hydrogens (tertiary/aromatic N) is 2. The van der Waals surface area contributed by atoms with E-state index < -0.39 is 45.6 Å². The fourth-order valence-electron chi connectivity index (χ4n) is 5.70. The molecular formula is C33H28ClN3O8S2. The Labute approximate surface area is 282 Å². The minimum Gasteiger partial charge on any atom is -0.504 e. The van der Waals surface area contributed by atoms with E-state index in [0.717, 1.165) is 28.0 Å². The van der Waals surface area contributed by atoms with E-state index in [1.54, 1.807) is 62.4 Å². The number of hydrogen-bond acceptors (Lipinski definition) is 10. The predicted molar refractivity (Wildman–Crippen MR) is 178 cm³/mol. The smallest absolute Gasteiger partial charge is 0.338 e. The highest BCUT2D eigenvalue weighted by Crippen LogP contribution is 2.54. The number of carbonyl (C=O) groups is 4. The van der Waals surface area contributed by atoms with Crippen molar-refractivity contribution < 1.29 is 33.8 Å². The van der Waals surface area contributed by atoms with Gasteiger partial charge in [0.2, 0.25) is 17.7 Å². The largest absolute Gasteiger partial charge is 0.504 e. The number of carbonyl (C=O) groups excluding carboxylic acids is 4. The molecule has 47 heavy (non-hydrogen) atoms. The molecule has 0 radical (unpaired) electrons. The van der Waals surface area contributed by atoms with Gasteiger partial charge in [-0.05, 0) is 80.1 Å². The number of esters is 1. The fraction of sp³-hybridized carbons (Fsp3) is 0.242. The van der Waals surface area contributed by atoms with Crippen LogP contribution in [0.5, 0.6) is 11.5 Å². The predicted octanol–water partition coefficient (Wildman–Crippen LogP) is 5.28. The van der Waals surface area contributed by atoms with Gasteiger partial charge in [-0.1, -0.05) is 40.8 Å². The van der Waals surface area contributed by atoms with Crippen molar-refractivity contribution in [1.82, 2.24) is 4.57 Å². The number of phenolic OH excluding ortho intramolecular Hbond substituents is 1. The number of halogens is 1. The molecule has 2 aliphatic rings. The Morgan fingerprint density at radius 2 is 1.68 bits per heavy atom. The summed E-state index contributed by atoms with van der Waals surface area (Å²) in [6.07, 6.45) is 0. The van der Waals surface area contributed by atoms with Gasteiger partial charge in [0.15, 0.2) is 11.5 Å². The zero-order valence-electron chi connectivity index (χ0n) is 25.1. The van der Waals surface area contributed by atoms with Gasteiger partial charge in [0, 0.05) is 21.5 Å². The van der Waals surface area contributed by atoms with Crippen LogP contribution >= 0.6 is 34.7 Å². The monoisotopic (exact) mass is 693 g/mol. The summed E-state index contributed by atoms with van der Waals surface area (Å²) in [6, 6.07) is 17.2. The molecule has 3 heterocycles. The van der Waals surface area contributed by atoms with Crippen molar-refractivity contribution in [1.29, 1.82) is 0 Å². The van der Waals surface area contributed by atoms with E-state index in [4.69, 9.17) is 21.1 Å². The molecule has 4 aromatic rings. The average molecular weight is 694 g/mol. The van der Waals surface area contributed by atoms with Crippen LogP contribution in [0.4, 0.5) is 11.4 Å². The van der Waals surface area contributed by atoms with E-state index in [2.05, 4.69) is 5.32 Å². The van der Waals surface area contributed by atoms with E-state index in [-0.39, 0.29) is 31.3 Å². The number of thioether (sulfide) groups is 1. The Hall–Kier alpha value is -4.59. The maximum absolute atomic E-state index is 14.1. The standard InChI is InChI=1S/C33H28ClN3O8S2/c1-3-44-23-15-18(7-14-22(23)38)25-26-27(30(41)37(29(26)40)21-12-8-19(34)9-13-21)46-31-28(25)47-33(43)36(31)16-24(39)35-20-10-5-17(6-11-20)32(42)45-4-2/h5-15,25-27,38H,3-4,16H2,1-2H3,(H,35,39). The Balaban J connectivity index is 1.36. The SMILES string of the molecule is CCOC(=O)c1ccc(NC(=O)Cn2c3c(sc2=O)C(c2ccc(O)c(OCC)c2)C2C(=O)N(c4ccc(Cl)cc4)C(=O)C2S3)cc1. The number of anilines is 2. The molecule has 3 aromatic carbocycles. The summed E-state index contributed by atoms with van der Waals surface area (Å²) in [6.45, 7) is 3.63. The lowest BCUT2D eigenvalue weighted by Gasteiger charge is -2.31. The van der Waals surface area contributed by atoms with Crippen LogP contribution in [0.15, 0.2) is 76.6 Å². The van der Waals surface area contributed by atoms with Crippen LogP contribution < -0.4 is 19.8 Å². The highest BCUT2D eigenvalue weighted by molar-refractivity contribution is 8.00. The van der Waals surface area contributed by atoms with Crippen molar-refractivity contribution in [3.8, 4) is 11.5 Å². The number of thiazole rings is 1. The van der Waals surface area contributed by atoms with Crippen molar-refractivity contribution in [2.45, 2.75) is 36.6 Å². The van der Waals surface area contributed by atoms with Gasteiger partial charge < -0.3 is 19.9 Å². The molecule has 242 valence electrons. The number of nitrogens with one attached hydrogen (secondary N) is 1. The Bertz CT molecular complexity index is 1940. The summed E-state index contributed by atoms with van der Waals surface area (Å²) >= 11 is 8.06. The van der Waals surface area contributed by atoms with Crippen molar-refractivity contribution in [3.05, 3.63) is 97.4 Å². The maximum Gasteiger partial charge on any atom is 0.338 e. The molecule has 1 saturated heterocycles. The van der Waals surface area contributed by atoms with Gasteiger partial charge in [0.05, 0.1) is 35.4 Å². The van der Waals surface area contributed by atoms with Crippen molar-refractivity contribution in [2.24, 2.45) is 5.92 Å². The molecule has 11 nitrogen and oxygen atoms in total. The van der Waals surface area contributed by atoms with Gasteiger partial charge in [-0.15, -0.1) is 0 Å². The number of fused-ring (bicyclic) bond motifs is 2. The summed E-state index contributed by atoms with van der Waals surface area (Å²) in [5, 5.41) is 13.1. The second kappa shape index (κ2) is 13.3. The molecule has 0 aliphatic carbocycles. The average Bonchev–Trinajstić information content (AvgIpc) is 3.49. The highest BCUT2D eigenvalue weighted by Gasteiger charge is 2.57. The molecule has 0 bridgehead atoms. The summed E-state index contributed by atoms with van der Waals surface area (Å²) in [5.41, 5.74) is 1.68. The van der Waals surface area contributed by atoms with Crippen LogP contribution in [0.2, 0.25) is 5.02 Å². The van der Waals surface area contributed by atoms with Crippen molar-refractivity contribution in [2.75, 3.05) is 23.4 Å². The lowest BCUT2D eigenvalue weighted by Crippen LogP contribution is -2.33. The van der Waals surface area contributed by atoms with Gasteiger partial charge >= 0.3 is 10.8 Å². The Morgan fingerprint density at radius 1 is 0.957 bits per heavy atom. The van der Waals surface area contributed by atoms with Crippen molar-refractivity contribution in [3.63, 3.8) is 0 Å². The second-order valence-electron chi connectivity index (χ2n) is 10.7. The van der Waals surface area contributed by atoms with Gasteiger partial charge in [-0.2, -0.15) is 0 Å². The van der Waals surface area contributed by atoms with Crippen LogP contribution in [-0.4, -0.2) is 51.8 Å². The van der Waals surface area contributed by atoms with Gasteiger partial charge in [-0.3, -0.25) is 23.7 Å². The number of imide groups is 1. The molecule has 0 saturated carbocycles. The summed E-state index contributed by atoms with van der Waals surface area (Å²) in [5.74, 6) is -3.40. The minimum atomic E-state index is -0.904. The van der Waals surface area contributed by atoms with Gasteiger partial charge in [0.25, 0.3) is 0 Å². The molecule has 2 aliphatic heterocycles. The molecule has 0 spiro atoms. The summed E-state index contributed by atoms with van der Waals surface area (Å²) in [7, 11) is 0. The van der Waals surface area contributed by atoms with E-state index in [1.165, 1.54) is 22.8 Å². The first-order valence-electron chi connectivity index (χ1n) is 14.7. The van der Waals surface area contributed by atoms with Gasteiger partial charge in [0.1, 0.15) is 11.8 Å². The molecule has 1 aromatic heterocycles. The molecule has 14 heteroatoms. The normalized spacial score (nSPS) is 18.4. The van der Waals surface area contributed by atoms with E-state index >= 15 is 0 Å². The fourth-order valence-corrected chi connectivity index (χ4v) is 8.60. The van der Waals surface area contributed by atoms with E-state index in [1.807, 2.05) is 0 Å². The Morgan fingerprint density at radius 3 is 2.36 bits per heavy atom. The zero-order valence-corrected chi connectivity index (χ0v) is 27.5. The third-order valence-electron chi connectivity index (χ3n) is 7.76. The quantitative estimate of drug-likeness (QED) is 0.177. The Kier molecular flexibility index (Phi) is 9.13. The minimum absolute atomic E-state index is 0.0908. The molecule has 3 atom stereocenters. The summed E-state index contributed by atoms with van der Waals surface area (Å²) in [4.78, 5) is 67.9. The van der Waals surface area contributed by atoms with Crippen LogP contribution in [0.1, 0.15) is 40.6 Å². The third kappa shape index (κ3) is 6.13. The number of aromatic hydroxyl groups is 1. The van der Waals surface area contributed by atoms with E-state index in [9.17, 15) is 29.1 Å². The first-order valence-corrected chi connectivity index (χ1v) is 16.7. The zero-order chi connectivity index (χ0) is 33.4. The van der Waals surface area contributed by atoms with Crippen LogP contribution in [0.3, 0.4) is 0 Å². The topological polar surface area (TPSA) is 144 Å². The number of amides is 3. The van der Waals surface area contributed by atoms with Crippen LogP contribution in [0, 0.1) is 5.92 Å². The maximum atomic E-state index is 14.1. The molecule has 1 fully saturated rings. The number of benzene rings is 3. The van der Waals surface area contributed by atoms with Gasteiger partial charge in [-0.25, -0.2) is 9.69 Å². The molecule has 3 unspecified atom stereocenters. The highest BCUT2D eigenvalue weighted by atomic mass is 35.5. The first-order chi connectivity index (χ1) is 22.6. The van der Waals surface area contributed by atoms with E-state index in [0.29, 0.717) is 37.4 Å².